The van der Waals surface area contributed by atoms with E-state index in [2.05, 4.69) is 23.9 Å². The van der Waals surface area contributed by atoms with Gasteiger partial charge in [0.2, 0.25) is 10.1 Å². The van der Waals surface area contributed by atoms with E-state index in [1.165, 1.54) is 6.42 Å². The lowest BCUT2D eigenvalue weighted by atomic mass is 10.1. The van der Waals surface area contributed by atoms with Crippen molar-refractivity contribution in [1.29, 1.82) is 0 Å². The van der Waals surface area contributed by atoms with Gasteiger partial charge in [0.05, 0.1) is 11.9 Å². The molecule has 5 nitrogen and oxygen atoms in total. The van der Waals surface area contributed by atoms with Crippen LogP contribution < -0.4 is 4.90 Å². The summed E-state index contributed by atoms with van der Waals surface area (Å²) in [5, 5.41) is 6.54. The molecule has 1 saturated heterocycles. The van der Waals surface area contributed by atoms with Crippen molar-refractivity contribution < 1.29 is 0 Å². The fourth-order valence-electron chi connectivity index (χ4n) is 3.25. The van der Waals surface area contributed by atoms with Crippen molar-refractivity contribution in [2.45, 2.75) is 6.42 Å². The number of nitrogens with zero attached hydrogens (tertiary/aromatic N) is 5. The smallest absolute Gasteiger partial charge is 0.214 e. The monoisotopic (exact) mass is 361 g/mol. The lowest BCUT2D eigenvalue weighted by Gasteiger charge is -2.17. The molecule has 1 aliphatic rings. The Labute approximate surface area is 150 Å². The minimum Gasteiger partial charge on any atom is -0.346 e. The van der Waals surface area contributed by atoms with Crippen LogP contribution in [0.4, 0.5) is 5.13 Å². The maximum absolute atomic E-state index is 5.95. The minimum atomic E-state index is 0.723. The molecule has 2 aromatic heterocycles. The molecule has 0 N–H and O–H groups in total. The zero-order valence-corrected chi connectivity index (χ0v) is 15.4. The van der Waals surface area contributed by atoms with Crippen molar-refractivity contribution in [1.82, 2.24) is 19.5 Å². The first-order valence-corrected chi connectivity index (χ1v) is 9.30. The van der Waals surface area contributed by atoms with Gasteiger partial charge in [-0.25, -0.2) is 9.50 Å². The van der Waals surface area contributed by atoms with Gasteiger partial charge < -0.3 is 9.80 Å². The second-order valence-corrected chi connectivity index (χ2v) is 7.98. The highest BCUT2D eigenvalue weighted by molar-refractivity contribution is 7.20. The summed E-state index contributed by atoms with van der Waals surface area (Å²) in [6.07, 6.45) is 3.22. The molecular formula is C17H20ClN5S. The van der Waals surface area contributed by atoms with Crippen molar-refractivity contribution in [2.75, 3.05) is 38.6 Å². The van der Waals surface area contributed by atoms with Gasteiger partial charge >= 0.3 is 0 Å². The van der Waals surface area contributed by atoms with Crippen LogP contribution in [0, 0.1) is 5.92 Å². The molecule has 0 bridgehead atoms. The number of rotatable bonds is 4. The highest BCUT2D eigenvalue weighted by Crippen LogP contribution is 2.30. The van der Waals surface area contributed by atoms with Crippen LogP contribution in [-0.2, 0) is 0 Å². The number of anilines is 1. The average Bonchev–Trinajstić information content (AvgIpc) is 3.21. The van der Waals surface area contributed by atoms with Crippen LogP contribution in [0.5, 0.6) is 0 Å². The molecule has 1 fully saturated rings. The van der Waals surface area contributed by atoms with E-state index in [0.717, 1.165) is 51.9 Å². The minimum absolute atomic E-state index is 0.723. The molecule has 24 heavy (non-hydrogen) atoms. The van der Waals surface area contributed by atoms with E-state index in [4.69, 9.17) is 21.7 Å². The largest absolute Gasteiger partial charge is 0.346 e. The summed E-state index contributed by atoms with van der Waals surface area (Å²) in [5.74, 6) is 0.723. The number of aromatic nitrogens is 3. The topological polar surface area (TPSA) is 36.7 Å². The van der Waals surface area contributed by atoms with Gasteiger partial charge in [0.1, 0.15) is 0 Å². The molecule has 1 aromatic carbocycles. The molecule has 1 atom stereocenters. The highest BCUT2D eigenvalue weighted by atomic mass is 35.5. The number of halogens is 1. The van der Waals surface area contributed by atoms with Crippen molar-refractivity contribution in [3.05, 3.63) is 35.5 Å². The first kappa shape index (κ1) is 15.9. The van der Waals surface area contributed by atoms with Crippen molar-refractivity contribution in [3.63, 3.8) is 0 Å². The van der Waals surface area contributed by atoms with Gasteiger partial charge in [-0.1, -0.05) is 35.1 Å². The summed E-state index contributed by atoms with van der Waals surface area (Å²) in [5.41, 5.74) is 2.00. The number of hydrogen-bond acceptors (Lipinski definition) is 5. The second kappa shape index (κ2) is 6.35. The summed E-state index contributed by atoms with van der Waals surface area (Å²) in [7, 11) is 4.27. The van der Waals surface area contributed by atoms with Gasteiger partial charge in [-0.2, -0.15) is 0 Å². The molecule has 0 spiro atoms. The van der Waals surface area contributed by atoms with Crippen LogP contribution in [-0.4, -0.2) is 53.2 Å². The number of benzene rings is 1. The summed E-state index contributed by atoms with van der Waals surface area (Å²) < 4.78 is 1.89. The fourth-order valence-corrected chi connectivity index (χ4v) is 4.29. The molecule has 1 unspecified atom stereocenters. The molecule has 0 aliphatic carbocycles. The molecular weight excluding hydrogens is 342 g/mol. The van der Waals surface area contributed by atoms with Gasteiger partial charge in [0, 0.05) is 30.2 Å². The summed E-state index contributed by atoms with van der Waals surface area (Å²) >= 11 is 7.61. The third-order valence-electron chi connectivity index (χ3n) is 4.35. The van der Waals surface area contributed by atoms with Gasteiger partial charge in [-0.15, -0.1) is 5.10 Å². The third-order valence-corrected chi connectivity index (χ3v) is 5.59. The van der Waals surface area contributed by atoms with E-state index in [1.54, 1.807) is 11.3 Å². The Bertz CT molecular complexity index is 807. The van der Waals surface area contributed by atoms with Crippen molar-refractivity contribution in [3.8, 4) is 11.3 Å². The van der Waals surface area contributed by atoms with Gasteiger partial charge in [0.15, 0.2) is 0 Å². The molecule has 0 amide bonds. The van der Waals surface area contributed by atoms with Crippen molar-refractivity contribution >= 4 is 33.0 Å². The molecule has 0 radical (unpaired) electrons. The van der Waals surface area contributed by atoms with E-state index in [0.29, 0.717) is 0 Å². The summed E-state index contributed by atoms with van der Waals surface area (Å²) in [6.45, 7) is 3.30. The Hall–Kier alpha value is -1.63. The molecule has 3 heterocycles. The third kappa shape index (κ3) is 3.14. The highest BCUT2D eigenvalue weighted by Gasteiger charge is 2.25. The van der Waals surface area contributed by atoms with E-state index in [1.807, 2.05) is 35.0 Å². The van der Waals surface area contributed by atoms with E-state index in [-0.39, 0.29) is 0 Å². The predicted octanol–water partition coefficient (Wildman–Crippen LogP) is 3.50. The van der Waals surface area contributed by atoms with Crippen LogP contribution in [0.25, 0.3) is 16.2 Å². The zero-order chi connectivity index (χ0) is 16.7. The Morgan fingerprint density at radius 2 is 2.08 bits per heavy atom. The maximum Gasteiger partial charge on any atom is 0.214 e. The van der Waals surface area contributed by atoms with Gasteiger partial charge in [0.25, 0.3) is 0 Å². The average molecular weight is 362 g/mol. The number of fused-ring (bicyclic) bond motifs is 1. The zero-order valence-electron chi connectivity index (χ0n) is 13.8. The molecule has 0 saturated carbocycles. The van der Waals surface area contributed by atoms with Gasteiger partial charge in [-0.3, -0.25) is 0 Å². The van der Waals surface area contributed by atoms with E-state index >= 15 is 0 Å². The van der Waals surface area contributed by atoms with Crippen LogP contribution in [0.3, 0.4) is 0 Å². The molecule has 126 valence electrons. The Kier molecular flexibility index (Phi) is 4.20. The summed E-state index contributed by atoms with van der Waals surface area (Å²) in [4.78, 5) is 10.3. The lowest BCUT2D eigenvalue weighted by molar-refractivity contribution is 0.340. The molecule has 7 heteroatoms. The van der Waals surface area contributed by atoms with Crippen LogP contribution in [0.1, 0.15) is 6.42 Å². The Balaban J connectivity index is 1.53. The number of hydrogen-bond donors (Lipinski definition) is 0. The Morgan fingerprint density at radius 3 is 2.79 bits per heavy atom. The molecule has 4 rings (SSSR count). The lowest BCUT2D eigenvalue weighted by Crippen LogP contribution is -2.25. The first-order chi connectivity index (χ1) is 11.6. The quantitative estimate of drug-likeness (QED) is 0.712. The van der Waals surface area contributed by atoms with Crippen LogP contribution >= 0.6 is 22.9 Å². The van der Waals surface area contributed by atoms with Crippen LogP contribution in [0.2, 0.25) is 5.02 Å². The Morgan fingerprint density at radius 1 is 1.29 bits per heavy atom. The molecule has 3 aromatic rings. The van der Waals surface area contributed by atoms with Gasteiger partial charge in [-0.05, 0) is 38.6 Å². The standard InChI is InChI=1S/C17H20ClN5S/c1-21(2)9-12-7-8-22(10-12)17-20-23-11-15(19-16(23)24-17)13-3-5-14(18)6-4-13/h3-6,11-12H,7-10H2,1-2H3. The molecule has 1 aliphatic heterocycles. The summed E-state index contributed by atoms with van der Waals surface area (Å²) in [6, 6.07) is 7.75. The maximum atomic E-state index is 5.95. The normalized spacial score (nSPS) is 18.2. The second-order valence-electron chi connectivity index (χ2n) is 6.61. The van der Waals surface area contributed by atoms with Crippen molar-refractivity contribution in [2.24, 2.45) is 5.92 Å². The SMILES string of the molecule is CN(C)CC1CCN(c2nn3cc(-c4ccc(Cl)cc4)nc3s2)C1. The van der Waals surface area contributed by atoms with Crippen LogP contribution in [0.15, 0.2) is 30.5 Å². The van der Waals surface area contributed by atoms with E-state index < -0.39 is 0 Å². The fraction of sp³-hybridized carbons (Fsp3) is 0.412. The number of imidazole rings is 1. The first-order valence-electron chi connectivity index (χ1n) is 8.10. The van der Waals surface area contributed by atoms with E-state index in [9.17, 15) is 0 Å². The predicted molar refractivity (Wildman–Crippen MR) is 100 cm³/mol.